The van der Waals surface area contributed by atoms with Crippen LogP contribution in [0.3, 0.4) is 0 Å². The number of pyridine rings is 1. The first-order valence-corrected chi connectivity index (χ1v) is 7.91. The molecule has 0 unspecified atom stereocenters. The minimum Gasteiger partial charge on any atom is -0.504 e. The van der Waals surface area contributed by atoms with Crippen LogP contribution in [0.1, 0.15) is 5.56 Å². The number of rotatable bonds is 3. The third-order valence-corrected chi connectivity index (χ3v) is 4.20. The molecule has 0 amide bonds. The topological polar surface area (TPSA) is 81.0 Å². The maximum atomic E-state index is 9.79. The van der Waals surface area contributed by atoms with Crippen LogP contribution < -0.4 is 14.2 Å². The Kier molecular flexibility index (Phi) is 3.82. The van der Waals surface area contributed by atoms with E-state index in [4.69, 9.17) is 14.2 Å². The fourth-order valence-electron chi connectivity index (χ4n) is 2.95. The van der Waals surface area contributed by atoms with Gasteiger partial charge in [0.15, 0.2) is 23.0 Å². The third-order valence-electron chi connectivity index (χ3n) is 4.20. The third kappa shape index (κ3) is 2.70. The number of phenols is 1. The van der Waals surface area contributed by atoms with Gasteiger partial charge in [0.1, 0.15) is 13.2 Å². The molecule has 0 saturated heterocycles. The van der Waals surface area contributed by atoms with Crippen molar-refractivity contribution < 1.29 is 24.4 Å². The van der Waals surface area contributed by atoms with Gasteiger partial charge in [0.25, 0.3) is 0 Å². The van der Waals surface area contributed by atoms with E-state index in [-0.39, 0.29) is 12.4 Å². The second-order valence-electron chi connectivity index (χ2n) is 5.72. The molecule has 0 fully saturated rings. The van der Waals surface area contributed by atoms with E-state index in [1.54, 1.807) is 18.2 Å². The van der Waals surface area contributed by atoms with Gasteiger partial charge in [0.05, 0.1) is 24.9 Å². The van der Waals surface area contributed by atoms with Gasteiger partial charge >= 0.3 is 0 Å². The van der Waals surface area contributed by atoms with Crippen LogP contribution in [0.2, 0.25) is 0 Å². The van der Waals surface area contributed by atoms with E-state index in [0.29, 0.717) is 41.7 Å². The highest BCUT2D eigenvalue weighted by Gasteiger charge is 2.16. The maximum Gasteiger partial charge on any atom is 0.163 e. The molecule has 1 aliphatic rings. The number of benzene rings is 2. The van der Waals surface area contributed by atoms with E-state index >= 15 is 0 Å². The van der Waals surface area contributed by atoms with Crippen LogP contribution in [-0.4, -0.2) is 35.5 Å². The Labute approximate surface area is 144 Å². The summed E-state index contributed by atoms with van der Waals surface area (Å²) < 4.78 is 16.4. The molecule has 1 aliphatic heterocycles. The molecule has 0 bridgehead atoms. The monoisotopic (exact) mass is 339 g/mol. The second kappa shape index (κ2) is 6.14. The van der Waals surface area contributed by atoms with Gasteiger partial charge in [-0.15, -0.1) is 0 Å². The highest BCUT2D eigenvalue weighted by molar-refractivity contribution is 5.88. The highest BCUT2D eigenvalue weighted by Crippen LogP contribution is 2.37. The molecule has 6 heteroatoms. The molecule has 2 N–H and O–H groups in total. The summed E-state index contributed by atoms with van der Waals surface area (Å²) in [5, 5.41) is 20.4. The first-order valence-electron chi connectivity index (χ1n) is 7.91. The summed E-state index contributed by atoms with van der Waals surface area (Å²) in [5.41, 5.74) is 2.90. The molecule has 0 atom stereocenters. The molecule has 3 aromatic rings. The zero-order chi connectivity index (χ0) is 17.4. The molecule has 128 valence electrons. The van der Waals surface area contributed by atoms with E-state index in [1.807, 2.05) is 18.2 Å². The van der Waals surface area contributed by atoms with Gasteiger partial charge in [0.2, 0.25) is 0 Å². The zero-order valence-electron chi connectivity index (χ0n) is 13.7. The Bertz CT molecular complexity index is 954. The lowest BCUT2D eigenvalue weighted by molar-refractivity contribution is 0.172. The number of ether oxygens (including phenoxy) is 3. The SMILES string of the molecule is COc1cc(-c2cc(CO)c3cc4c(cc3n2)OCCO4)ccc1O. The van der Waals surface area contributed by atoms with E-state index in [2.05, 4.69) is 4.98 Å². The summed E-state index contributed by atoms with van der Waals surface area (Å²) in [6, 6.07) is 10.5. The van der Waals surface area contributed by atoms with E-state index in [1.165, 1.54) is 7.11 Å². The first-order chi connectivity index (χ1) is 12.2. The van der Waals surface area contributed by atoms with Crippen molar-refractivity contribution in [3.05, 3.63) is 42.0 Å². The summed E-state index contributed by atoms with van der Waals surface area (Å²) in [7, 11) is 1.50. The van der Waals surface area contributed by atoms with E-state index in [0.717, 1.165) is 16.5 Å². The van der Waals surface area contributed by atoms with Crippen molar-refractivity contribution in [1.29, 1.82) is 0 Å². The van der Waals surface area contributed by atoms with Gasteiger partial charge in [-0.1, -0.05) is 0 Å². The van der Waals surface area contributed by atoms with Crippen molar-refractivity contribution >= 4 is 10.9 Å². The fourth-order valence-corrected chi connectivity index (χ4v) is 2.95. The van der Waals surface area contributed by atoms with Crippen LogP contribution in [0.25, 0.3) is 22.2 Å². The Morgan fingerprint density at radius 1 is 1.08 bits per heavy atom. The zero-order valence-corrected chi connectivity index (χ0v) is 13.7. The Morgan fingerprint density at radius 3 is 2.56 bits per heavy atom. The van der Waals surface area contributed by atoms with Crippen LogP contribution in [0, 0.1) is 0 Å². The number of hydrogen-bond donors (Lipinski definition) is 2. The lowest BCUT2D eigenvalue weighted by Crippen LogP contribution is -2.15. The molecule has 2 aromatic carbocycles. The normalized spacial score (nSPS) is 13.0. The maximum absolute atomic E-state index is 9.79. The van der Waals surface area contributed by atoms with Gasteiger partial charge in [-0.3, -0.25) is 0 Å². The fraction of sp³-hybridized carbons (Fsp3) is 0.211. The van der Waals surface area contributed by atoms with Gasteiger partial charge in [0, 0.05) is 17.0 Å². The average molecular weight is 339 g/mol. The number of nitrogens with zero attached hydrogens (tertiary/aromatic N) is 1. The molecule has 25 heavy (non-hydrogen) atoms. The van der Waals surface area contributed by atoms with Crippen molar-refractivity contribution in [3.8, 4) is 34.3 Å². The summed E-state index contributed by atoms with van der Waals surface area (Å²) in [6.45, 7) is 0.882. The lowest BCUT2D eigenvalue weighted by Gasteiger charge is -2.19. The molecule has 0 saturated carbocycles. The number of aliphatic hydroxyl groups is 1. The summed E-state index contributed by atoms with van der Waals surface area (Å²) in [6.07, 6.45) is 0. The van der Waals surface area contributed by atoms with Crippen LogP contribution in [0.5, 0.6) is 23.0 Å². The summed E-state index contributed by atoms with van der Waals surface area (Å²) >= 11 is 0. The van der Waals surface area contributed by atoms with Gasteiger partial charge in [-0.25, -0.2) is 4.98 Å². The standard InChI is InChI=1S/C19H17NO5/c1-23-17-7-11(2-3-16(17)22)14-6-12(10-21)13-8-18-19(9-15(13)20-14)25-5-4-24-18/h2-3,6-9,21-22H,4-5,10H2,1H3. The first kappa shape index (κ1) is 15.5. The van der Waals surface area contributed by atoms with Gasteiger partial charge in [-0.05, 0) is 35.9 Å². The number of hydrogen-bond acceptors (Lipinski definition) is 6. The molecule has 6 nitrogen and oxygen atoms in total. The van der Waals surface area contributed by atoms with Gasteiger partial charge in [-0.2, -0.15) is 0 Å². The predicted octanol–water partition coefficient (Wildman–Crippen LogP) is 2.88. The smallest absolute Gasteiger partial charge is 0.163 e. The van der Waals surface area contributed by atoms with Crippen molar-refractivity contribution in [2.75, 3.05) is 20.3 Å². The largest absolute Gasteiger partial charge is 0.504 e. The van der Waals surface area contributed by atoms with Crippen molar-refractivity contribution in [2.24, 2.45) is 0 Å². The van der Waals surface area contributed by atoms with Gasteiger partial charge < -0.3 is 24.4 Å². The Balaban J connectivity index is 1.90. The molecule has 4 rings (SSSR count). The van der Waals surface area contributed by atoms with E-state index < -0.39 is 0 Å². The Morgan fingerprint density at radius 2 is 1.84 bits per heavy atom. The van der Waals surface area contributed by atoms with Crippen LogP contribution in [0.4, 0.5) is 0 Å². The molecule has 0 spiro atoms. The highest BCUT2D eigenvalue weighted by atomic mass is 16.6. The van der Waals surface area contributed by atoms with Crippen molar-refractivity contribution in [1.82, 2.24) is 4.98 Å². The number of aromatic nitrogens is 1. The molecular weight excluding hydrogens is 322 g/mol. The lowest BCUT2D eigenvalue weighted by atomic mass is 10.0. The molecule has 2 heterocycles. The van der Waals surface area contributed by atoms with Crippen LogP contribution in [-0.2, 0) is 6.61 Å². The van der Waals surface area contributed by atoms with Crippen LogP contribution in [0.15, 0.2) is 36.4 Å². The number of phenolic OH excluding ortho intramolecular Hbond substituents is 1. The Hall–Kier alpha value is -2.99. The summed E-state index contributed by atoms with van der Waals surface area (Å²) in [5.74, 6) is 1.74. The molecule has 0 aliphatic carbocycles. The average Bonchev–Trinajstić information content (AvgIpc) is 2.65. The minimum atomic E-state index is -0.124. The summed E-state index contributed by atoms with van der Waals surface area (Å²) in [4.78, 5) is 4.68. The second-order valence-corrected chi connectivity index (χ2v) is 5.72. The number of fused-ring (bicyclic) bond motifs is 2. The molecular formula is C19H17NO5. The van der Waals surface area contributed by atoms with Crippen molar-refractivity contribution in [2.45, 2.75) is 6.61 Å². The van der Waals surface area contributed by atoms with Crippen molar-refractivity contribution in [3.63, 3.8) is 0 Å². The number of aromatic hydroxyl groups is 1. The quantitative estimate of drug-likeness (QED) is 0.764. The van der Waals surface area contributed by atoms with Crippen LogP contribution >= 0.6 is 0 Å². The minimum absolute atomic E-state index is 0.0639. The molecule has 0 radical (unpaired) electrons. The predicted molar refractivity (Wildman–Crippen MR) is 92.3 cm³/mol. The molecule has 1 aromatic heterocycles. The number of methoxy groups -OCH3 is 1. The van der Waals surface area contributed by atoms with E-state index in [9.17, 15) is 10.2 Å². The number of aliphatic hydroxyl groups excluding tert-OH is 1.